The van der Waals surface area contributed by atoms with E-state index in [4.69, 9.17) is 4.74 Å². The van der Waals surface area contributed by atoms with E-state index in [1.165, 1.54) is 4.31 Å². The predicted octanol–water partition coefficient (Wildman–Crippen LogP) is 1.05. The normalized spacial score (nSPS) is 20.6. The minimum Gasteiger partial charge on any atom is -0.443 e. The maximum absolute atomic E-state index is 11.9. The maximum Gasteiger partial charge on any atom is 0.423 e. The van der Waals surface area contributed by atoms with E-state index in [0.717, 1.165) is 4.31 Å². The molecule has 1 rings (SSSR count). The number of ether oxygens (including phenoxy) is 1. The van der Waals surface area contributed by atoms with Gasteiger partial charge in [0.2, 0.25) is 17.1 Å². The van der Waals surface area contributed by atoms with Crippen LogP contribution in [0.5, 0.6) is 0 Å². The number of hydrogen-bond acceptors (Lipinski definition) is 4. The van der Waals surface area contributed by atoms with Crippen LogP contribution in [0.3, 0.4) is 0 Å². The first-order chi connectivity index (χ1) is 7.76. The summed E-state index contributed by atoms with van der Waals surface area (Å²) >= 11 is -1.75. The van der Waals surface area contributed by atoms with Gasteiger partial charge in [0, 0.05) is 6.42 Å². The molecule has 1 saturated heterocycles. The summed E-state index contributed by atoms with van der Waals surface area (Å²) in [4.78, 5) is 23.1. The van der Waals surface area contributed by atoms with Gasteiger partial charge in [-0.3, -0.25) is 4.79 Å². The summed E-state index contributed by atoms with van der Waals surface area (Å²) in [7, 11) is 0. The molecule has 0 bridgehead atoms. The molecule has 0 radical (unpaired) electrons. The second-order valence-electron chi connectivity index (χ2n) is 4.66. The van der Waals surface area contributed by atoms with Gasteiger partial charge in [-0.1, -0.05) is 6.92 Å². The molecule has 1 aliphatic heterocycles. The smallest absolute Gasteiger partial charge is 0.423 e. The van der Waals surface area contributed by atoms with Gasteiger partial charge in [0.25, 0.3) is 0 Å². The van der Waals surface area contributed by atoms with Gasteiger partial charge in [0.05, 0.1) is 13.1 Å². The third kappa shape index (κ3) is 3.42. The van der Waals surface area contributed by atoms with Gasteiger partial charge in [-0.15, -0.1) is 0 Å². The van der Waals surface area contributed by atoms with Crippen LogP contribution in [0.15, 0.2) is 0 Å². The molecule has 17 heavy (non-hydrogen) atoms. The third-order valence-corrected chi connectivity index (χ3v) is 3.53. The van der Waals surface area contributed by atoms with Crippen LogP contribution in [-0.2, 0) is 20.7 Å². The van der Waals surface area contributed by atoms with E-state index in [1.807, 2.05) is 0 Å². The monoisotopic (exact) mass is 262 g/mol. The molecule has 1 atom stereocenters. The van der Waals surface area contributed by atoms with Crippen molar-refractivity contribution in [3.05, 3.63) is 0 Å². The maximum atomic E-state index is 11.9. The topological polar surface area (TPSA) is 66.9 Å². The molecule has 6 nitrogen and oxygen atoms in total. The van der Waals surface area contributed by atoms with Gasteiger partial charge in [0.1, 0.15) is 5.60 Å². The highest BCUT2D eigenvalue weighted by molar-refractivity contribution is 7.81. The molecule has 0 saturated carbocycles. The zero-order chi connectivity index (χ0) is 13.2. The zero-order valence-corrected chi connectivity index (χ0v) is 11.4. The van der Waals surface area contributed by atoms with Crippen molar-refractivity contribution in [2.45, 2.75) is 39.7 Å². The van der Waals surface area contributed by atoms with E-state index in [2.05, 4.69) is 0 Å². The number of rotatable bonds is 1. The Bertz CT molecular complexity index is 351. The molecule has 0 aromatic carbocycles. The Morgan fingerprint density at radius 2 is 1.76 bits per heavy atom. The van der Waals surface area contributed by atoms with Crippen molar-refractivity contribution in [1.82, 2.24) is 8.61 Å². The molecule has 7 heteroatoms. The van der Waals surface area contributed by atoms with Crippen LogP contribution in [0.2, 0.25) is 0 Å². The summed E-state index contributed by atoms with van der Waals surface area (Å²) in [6.07, 6.45) is -0.379. The molecule has 98 valence electrons. The fourth-order valence-corrected chi connectivity index (χ4v) is 2.49. The summed E-state index contributed by atoms with van der Waals surface area (Å²) in [5.74, 6) is -0.227. The highest BCUT2D eigenvalue weighted by Crippen LogP contribution is 2.17. The van der Waals surface area contributed by atoms with Crippen LogP contribution in [0.4, 0.5) is 4.79 Å². The Labute approximate surface area is 104 Å². The average Bonchev–Trinajstić information content (AvgIpc) is 2.56. The minimum atomic E-state index is -1.75. The summed E-state index contributed by atoms with van der Waals surface area (Å²) in [5, 5.41) is 0. The Balaban J connectivity index is 2.67. The molecule has 0 aliphatic carbocycles. The molecule has 0 aromatic heterocycles. The lowest BCUT2D eigenvalue weighted by Crippen LogP contribution is -2.38. The zero-order valence-electron chi connectivity index (χ0n) is 10.6. The highest BCUT2D eigenvalue weighted by Gasteiger charge is 2.37. The lowest BCUT2D eigenvalue weighted by Gasteiger charge is -2.23. The van der Waals surface area contributed by atoms with E-state index >= 15 is 0 Å². The van der Waals surface area contributed by atoms with Crippen LogP contribution in [0.1, 0.15) is 34.1 Å². The quantitative estimate of drug-likeness (QED) is 0.708. The molecule has 0 aromatic rings. The third-order valence-electron chi connectivity index (χ3n) is 2.06. The number of hydrogen-bond donors (Lipinski definition) is 0. The average molecular weight is 262 g/mol. The fourth-order valence-electron chi connectivity index (χ4n) is 1.31. The van der Waals surface area contributed by atoms with Crippen molar-refractivity contribution in [3.8, 4) is 0 Å². The molecule has 1 fully saturated rings. The van der Waals surface area contributed by atoms with Crippen molar-refractivity contribution >= 4 is 23.2 Å². The van der Waals surface area contributed by atoms with Crippen molar-refractivity contribution in [1.29, 1.82) is 0 Å². The molecule has 0 spiro atoms. The van der Waals surface area contributed by atoms with Gasteiger partial charge in [-0.25, -0.2) is 17.6 Å². The Kier molecular flexibility index (Phi) is 4.13. The Morgan fingerprint density at radius 3 is 2.24 bits per heavy atom. The van der Waals surface area contributed by atoms with E-state index in [0.29, 0.717) is 6.54 Å². The van der Waals surface area contributed by atoms with Crippen LogP contribution in [0.25, 0.3) is 0 Å². The van der Waals surface area contributed by atoms with Gasteiger partial charge < -0.3 is 4.74 Å². The van der Waals surface area contributed by atoms with Crippen molar-refractivity contribution in [3.63, 3.8) is 0 Å². The summed E-state index contributed by atoms with van der Waals surface area (Å²) in [6, 6.07) is 0. The minimum absolute atomic E-state index is 0.227. The van der Waals surface area contributed by atoms with E-state index in [9.17, 15) is 13.8 Å². The summed E-state index contributed by atoms with van der Waals surface area (Å²) in [5.41, 5.74) is -0.635. The molecule has 1 heterocycles. The van der Waals surface area contributed by atoms with Crippen LogP contribution in [-0.4, -0.2) is 43.5 Å². The van der Waals surface area contributed by atoms with Crippen molar-refractivity contribution < 1.29 is 18.5 Å². The lowest BCUT2D eigenvalue weighted by atomic mass is 10.2. The predicted molar refractivity (Wildman–Crippen MR) is 63.1 cm³/mol. The molecule has 1 aliphatic rings. The second-order valence-corrected chi connectivity index (χ2v) is 6.01. The largest absolute Gasteiger partial charge is 0.443 e. The van der Waals surface area contributed by atoms with Crippen LogP contribution in [0, 0.1) is 0 Å². The highest BCUT2D eigenvalue weighted by atomic mass is 32.2. The molecule has 0 N–H and O–H groups in total. The number of carbonyl (C=O) groups is 2. The van der Waals surface area contributed by atoms with Crippen LogP contribution >= 0.6 is 0 Å². The summed E-state index contributed by atoms with van der Waals surface area (Å²) < 4.78 is 19.2. The number of amides is 2. The number of carbonyl (C=O) groups excluding carboxylic acids is 2. The SMILES string of the molecule is CCC(=O)N1CCN(C(=O)OC(C)(C)C)S1=O. The second kappa shape index (κ2) is 5.03. The molecular formula is C10H18N2O4S. The van der Waals surface area contributed by atoms with E-state index in [1.54, 1.807) is 27.7 Å². The van der Waals surface area contributed by atoms with Gasteiger partial charge in [0.15, 0.2) is 0 Å². The molecule has 1 unspecified atom stereocenters. The first-order valence-corrected chi connectivity index (χ1v) is 6.55. The molecular weight excluding hydrogens is 244 g/mol. The van der Waals surface area contributed by atoms with Crippen LogP contribution < -0.4 is 0 Å². The van der Waals surface area contributed by atoms with E-state index in [-0.39, 0.29) is 18.9 Å². The Hall–Kier alpha value is -1.11. The van der Waals surface area contributed by atoms with Gasteiger partial charge in [-0.2, -0.15) is 0 Å². The van der Waals surface area contributed by atoms with E-state index < -0.39 is 22.9 Å². The first-order valence-electron chi connectivity index (χ1n) is 5.49. The van der Waals surface area contributed by atoms with Crippen molar-refractivity contribution in [2.24, 2.45) is 0 Å². The summed E-state index contributed by atoms with van der Waals surface area (Å²) in [6.45, 7) is 7.43. The lowest BCUT2D eigenvalue weighted by molar-refractivity contribution is -0.125. The van der Waals surface area contributed by atoms with Crippen molar-refractivity contribution in [2.75, 3.05) is 13.1 Å². The number of nitrogens with zero attached hydrogens (tertiary/aromatic N) is 2. The Morgan fingerprint density at radius 1 is 1.24 bits per heavy atom. The van der Waals surface area contributed by atoms with Gasteiger partial charge in [-0.05, 0) is 20.8 Å². The first kappa shape index (κ1) is 14.0. The fraction of sp³-hybridized carbons (Fsp3) is 0.800. The molecule has 2 amide bonds. The standard InChI is InChI=1S/C10H18N2O4S/c1-5-8(13)11-6-7-12(17(11)15)9(14)16-10(2,3)4/h5-7H2,1-4H3. The van der Waals surface area contributed by atoms with Gasteiger partial charge >= 0.3 is 6.09 Å².